The summed E-state index contributed by atoms with van der Waals surface area (Å²) in [4.78, 5) is 0. The number of benzene rings is 1. The van der Waals surface area contributed by atoms with Gasteiger partial charge in [0, 0.05) is 24.3 Å². The number of aryl methyl sites for hydroxylation is 2. The first-order valence-electron chi connectivity index (χ1n) is 6.94. The molecule has 2 rings (SSSR count). The lowest BCUT2D eigenvalue weighted by molar-refractivity contribution is 0.587. The average molecular weight is 257 g/mol. The van der Waals surface area contributed by atoms with Crippen LogP contribution in [-0.4, -0.2) is 16.8 Å². The summed E-state index contributed by atoms with van der Waals surface area (Å²) in [5, 5.41) is 7.67. The minimum absolute atomic E-state index is 0.912. The Bertz CT molecular complexity index is 555. The molecule has 0 saturated heterocycles. The van der Waals surface area contributed by atoms with E-state index in [4.69, 9.17) is 0 Å². The third-order valence-corrected chi connectivity index (χ3v) is 3.50. The van der Waals surface area contributed by atoms with Crippen molar-refractivity contribution in [2.45, 2.75) is 40.3 Å². The monoisotopic (exact) mass is 257 g/mol. The molecule has 0 amide bonds. The SMILES string of the molecule is CCCn1ncc(-c2ccc(CNC)cc2C)c1C. The Kier molecular flexibility index (Phi) is 4.38. The Balaban J connectivity index is 2.36. The molecule has 3 heteroatoms. The Labute approximate surface area is 115 Å². The van der Waals surface area contributed by atoms with Crippen LogP contribution >= 0.6 is 0 Å². The molecule has 1 aromatic carbocycles. The van der Waals surface area contributed by atoms with Gasteiger partial charge in [-0.25, -0.2) is 0 Å². The van der Waals surface area contributed by atoms with Crippen LogP contribution in [0.4, 0.5) is 0 Å². The molecule has 0 aliphatic rings. The van der Waals surface area contributed by atoms with Crippen molar-refractivity contribution in [1.29, 1.82) is 0 Å². The van der Waals surface area contributed by atoms with Crippen LogP contribution in [0.1, 0.15) is 30.2 Å². The van der Waals surface area contributed by atoms with E-state index in [9.17, 15) is 0 Å². The molecule has 0 atom stereocenters. The van der Waals surface area contributed by atoms with Gasteiger partial charge in [0.2, 0.25) is 0 Å². The number of aromatic nitrogens is 2. The van der Waals surface area contributed by atoms with Gasteiger partial charge in [-0.15, -0.1) is 0 Å². The van der Waals surface area contributed by atoms with Crippen LogP contribution in [0, 0.1) is 13.8 Å². The normalized spacial score (nSPS) is 10.9. The Morgan fingerprint density at radius 2 is 2.00 bits per heavy atom. The Morgan fingerprint density at radius 3 is 2.63 bits per heavy atom. The van der Waals surface area contributed by atoms with Crippen LogP contribution in [0.15, 0.2) is 24.4 Å². The average Bonchev–Trinajstić information content (AvgIpc) is 2.73. The maximum absolute atomic E-state index is 4.49. The summed E-state index contributed by atoms with van der Waals surface area (Å²) >= 11 is 0. The summed E-state index contributed by atoms with van der Waals surface area (Å²) in [6.07, 6.45) is 3.10. The summed E-state index contributed by atoms with van der Waals surface area (Å²) in [7, 11) is 1.97. The van der Waals surface area contributed by atoms with E-state index in [1.165, 1.54) is 27.9 Å². The molecule has 0 unspecified atom stereocenters. The Hall–Kier alpha value is -1.61. The molecule has 0 bridgehead atoms. The molecule has 0 spiro atoms. The van der Waals surface area contributed by atoms with E-state index in [0.717, 1.165) is 19.5 Å². The fraction of sp³-hybridized carbons (Fsp3) is 0.438. The van der Waals surface area contributed by atoms with Crippen LogP contribution in [0.3, 0.4) is 0 Å². The van der Waals surface area contributed by atoms with Crippen molar-refractivity contribution in [1.82, 2.24) is 15.1 Å². The lowest BCUT2D eigenvalue weighted by Crippen LogP contribution is -2.05. The molecule has 1 N–H and O–H groups in total. The molecule has 0 fully saturated rings. The van der Waals surface area contributed by atoms with Crippen molar-refractivity contribution in [3.8, 4) is 11.1 Å². The molecule has 0 aliphatic heterocycles. The zero-order valence-corrected chi connectivity index (χ0v) is 12.3. The quantitative estimate of drug-likeness (QED) is 0.890. The number of hydrogen-bond acceptors (Lipinski definition) is 2. The van der Waals surface area contributed by atoms with E-state index in [0.29, 0.717) is 0 Å². The predicted octanol–water partition coefficient (Wildman–Crippen LogP) is 3.30. The second-order valence-corrected chi connectivity index (χ2v) is 5.05. The molecule has 0 aliphatic carbocycles. The standard InChI is InChI=1S/C16H23N3/c1-5-8-19-13(3)16(11-18-19)15-7-6-14(10-17-4)9-12(15)2/h6-7,9,11,17H,5,8,10H2,1-4H3. The minimum atomic E-state index is 0.912. The van der Waals surface area contributed by atoms with Crippen molar-refractivity contribution in [2.75, 3.05) is 7.05 Å². The van der Waals surface area contributed by atoms with Crippen molar-refractivity contribution in [3.05, 3.63) is 41.2 Å². The highest BCUT2D eigenvalue weighted by molar-refractivity contribution is 5.69. The largest absolute Gasteiger partial charge is 0.316 e. The van der Waals surface area contributed by atoms with Gasteiger partial charge in [0.1, 0.15) is 0 Å². The van der Waals surface area contributed by atoms with Crippen LogP contribution in [0.25, 0.3) is 11.1 Å². The van der Waals surface area contributed by atoms with Gasteiger partial charge in [-0.3, -0.25) is 4.68 Å². The molecular formula is C16H23N3. The number of hydrogen-bond donors (Lipinski definition) is 1. The Morgan fingerprint density at radius 1 is 1.21 bits per heavy atom. The second kappa shape index (κ2) is 6.02. The fourth-order valence-electron chi connectivity index (χ4n) is 2.49. The van der Waals surface area contributed by atoms with Crippen molar-refractivity contribution in [2.24, 2.45) is 0 Å². The van der Waals surface area contributed by atoms with Crippen LogP contribution in [0.5, 0.6) is 0 Å². The highest BCUT2D eigenvalue weighted by Crippen LogP contribution is 2.27. The van der Waals surface area contributed by atoms with Gasteiger partial charge >= 0.3 is 0 Å². The smallest absolute Gasteiger partial charge is 0.0571 e. The van der Waals surface area contributed by atoms with Crippen molar-refractivity contribution >= 4 is 0 Å². The zero-order chi connectivity index (χ0) is 13.8. The van der Waals surface area contributed by atoms with E-state index in [2.05, 4.69) is 54.1 Å². The van der Waals surface area contributed by atoms with E-state index >= 15 is 0 Å². The fourth-order valence-corrected chi connectivity index (χ4v) is 2.49. The van der Waals surface area contributed by atoms with E-state index in [1.54, 1.807) is 0 Å². The van der Waals surface area contributed by atoms with Crippen LogP contribution in [-0.2, 0) is 13.1 Å². The third-order valence-electron chi connectivity index (χ3n) is 3.50. The molecule has 0 saturated carbocycles. The molecule has 1 heterocycles. The van der Waals surface area contributed by atoms with Gasteiger partial charge in [-0.2, -0.15) is 5.10 Å². The topological polar surface area (TPSA) is 29.9 Å². The number of nitrogens with zero attached hydrogens (tertiary/aromatic N) is 2. The van der Waals surface area contributed by atoms with Crippen LogP contribution < -0.4 is 5.32 Å². The lowest BCUT2D eigenvalue weighted by Gasteiger charge is -2.09. The highest BCUT2D eigenvalue weighted by atomic mass is 15.3. The van der Waals surface area contributed by atoms with E-state index < -0.39 is 0 Å². The minimum Gasteiger partial charge on any atom is -0.316 e. The lowest BCUT2D eigenvalue weighted by atomic mass is 9.99. The van der Waals surface area contributed by atoms with E-state index in [-0.39, 0.29) is 0 Å². The van der Waals surface area contributed by atoms with Gasteiger partial charge in [0.05, 0.1) is 6.20 Å². The number of nitrogens with one attached hydrogen (secondary N) is 1. The van der Waals surface area contributed by atoms with Gasteiger partial charge in [0.15, 0.2) is 0 Å². The number of rotatable bonds is 5. The molecule has 1 aromatic heterocycles. The maximum Gasteiger partial charge on any atom is 0.0571 e. The first-order valence-corrected chi connectivity index (χ1v) is 6.94. The summed E-state index contributed by atoms with van der Waals surface area (Å²) in [5.74, 6) is 0. The van der Waals surface area contributed by atoms with Gasteiger partial charge in [-0.1, -0.05) is 25.1 Å². The molecule has 0 radical (unpaired) electrons. The van der Waals surface area contributed by atoms with Crippen molar-refractivity contribution < 1.29 is 0 Å². The van der Waals surface area contributed by atoms with Gasteiger partial charge in [0.25, 0.3) is 0 Å². The predicted molar refractivity (Wildman–Crippen MR) is 80.2 cm³/mol. The summed E-state index contributed by atoms with van der Waals surface area (Å²) in [5.41, 5.74) is 6.43. The van der Waals surface area contributed by atoms with Gasteiger partial charge in [-0.05, 0) is 44.0 Å². The summed E-state index contributed by atoms with van der Waals surface area (Å²) in [6.45, 7) is 8.40. The first kappa shape index (κ1) is 13.8. The zero-order valence-electron chi connectivity index (χ0n) is 12.3. The molecule has 2 aromatic rings. The summed E-state index contributed by atoms with van der Waals surface area (Å²) in [6, 6.07) is 6.65. The third kappa shape index (κ3) is 2.87. The first-order chi connectivity index (χ1) is 9.17. The van der Waals surface area contributed by atoms with E-state index in [1.807, 2.05) is 13.2 Å². The van der Waals surface area contributed by atoms with Crippen molar-refractivity contribution in [3.63, 3.8) is 0 Å². The maximum atomic E-state index is 4.49. The molecule has 19 heavy (non-hydrogen) atoms. The summed E-state index contributed by atoms with van der Waals surface area (Å²) < 4.78 is 2.09. The second-order valence-electron chi connectivity index (χ2n) is 5.05. The molecule has 102 valence electrons. The highest BCUT2D eigenvalue weighted by Gasteiger charge is 2.10. The van der Waals surface area contributed by atoms with Crippen LogP contribution in [0.2, 0.25) is 0 Å². The van der Waals surface area contributed by atoms with Gasteiger partial charge < -0.3 is 5.32 Å². The molecule has 3 nitrogen and oxygen atoms in total. The molecular weight excluding hydrogens is 234 g/mol.